The summed E-state index contributed by atoms with van der Waals surface area (Å²) in [5, 5.41) is 3.94. The van der Waals surface area contributed by atoms with Crippen LogP contribution in [0.1, 0.15) is 64.2 Å². The van der Waals surface area contributed by atoms with Crippen molar-refractivity contribution in [2.24, 2.45) is 23.5 Å². The van der Waals surface area contributed by atoms with Crippen molar-refractivity contribution < 1.29 is 0 Å². The molecule has 0 aliphatic heterocycles. The summed E-state index contributed by atoms with van der Waals surface area (Å²) in [6.45, 7) is 2.10. The summed E-state index contributed by atoms with van der Waals surface area (Å²) in [5.41, 5.74) is 6.41. The normalized spacial score (nSPS) is 28.3. The third-order valence-corrected chi connectivity index (χ3v) is 5.62. The quantitative estimate of drug-likeness (QED) is 0.711. The highest BCUT2D eigenvalue weighted by atomic mass is 15.0. The van der Waals surface area contributed by atoms with Gasteiger partial charge in [-0.05, 0) is 62.8 Å². The molecule has 0 saturated heterocycles. The highest BCUT2D eigenvalue weighted by Gasteiger charge is 2.42. The van der Waals surface area contributed by atoms with Crippen LogP contribution in [0.3, 0.4) is 0 Å². The van der Waals surface area contributed by atoms with Crippen molar-refractivity contribution in [1.82, 2.24) is 5.32 Å². The van der Waals surface area contributed by atoms with Crippen LogP contribution >= 0.6 is 0 Å². The van der Waals surface area contributed by atoms with Gasteiger partial charge in [-0.3, -0.25) is 0 Å². The Balaban J connectivity index is 1.54. The molecule has 0 aromatic heterocycles. The van der Waals surface area contributed by atoms with E-state index in [0.29, 0.717) is 5.54 Å². The first-order valence-corrected chi connectivity index (χ1v) is 8.28. The molecule has 0 aromatic rings. The molecule has 0 unspecified atom stereocenters. The second-order valence-corrected chi connectivity index (χ2v) is 7.12. The van der Waals surface area contributed by atoms with Crippen LogP contribution in [0.5, 0.6) is 0 Å². The molecule has 3 aliphatic carbocycles. The molecule has 0 heterocycles. The topological polar surface area (TPSA) is 38.0 Å². The lowest BCUT2D eigenvalue weighted by Gasteiger charge is -2.35. The van der Waals surface area contributed by atoms with Gasteiger partial charge in [-0.15, -0.1) is 0 Å². The van der Waals surface area contributed by atoms with Gasteiger partial charge in [0.15, 0.2) is 0 Å². The summed E-state index contributed by atoms with van der Waals surface area (Å²) in [6.07, 6.45) is 14.2. The van der Waals surface area contributed by atoms with E-state index in [1.165, 1.54) is 70.8 Å². The fourth-order valence-corrected chi connectivity index (χ4v) is 3.96. The SMILES string of the molecule is NCC1(NCC(C2CC2)C2CC2)CCCCCC1. The average Bonchev–Trinajstić information content (AvgIpc) is 3.25. The highest BCUT2D eigenvalue weighted by Crippen LogP contribution is 2.49. The van der Waals surface area contributed by atoms with E-state index in [9.17, 15) is 0 Å². The van der Waals surface area contributed by atoms with Crippen molar-refractivity contribution in [2.45, 2.75) is 69.7 Å². The standard InChI is InChI=1S/C16H30N2/c17-12-16(9-3-1-2-4-10-16)18-11-15(13-5-6-13)14-7-8-14/h13-15,18H,1-12,17H2. The van der Waals surface area contributed by atoms with Crippen LogP contribution in [0.2, 0.25) is 0 Å². The molecule has 0 radical (unpaired) electrons. The van der Waals surface area contributed by atoms with Crippen LogP contribution in [-0.2, 0) is 0 Å². The van der Waals surface area contributed by atoms with Crippen molar-refractivity contribution in [1.29, 1.82) is 0 Å². The Morgan fingerprint density at radius 2 is 1.50 bits per heavy atom. The van der Waals surface area contributed by atoms with Crippen molar-refractivity contribution in [3.05, 3.63) is 0 Å². The van der Waals surface area contributed by atoms with E-state index in [1.54, 1.807) is 0 Å². The maximum atomic E-state index is 6.11. The van der Waals surface area contributed by atoms with E-state index < -0.39 is 0 Å². The minimum atomic E-state index is 0.290. The number of rotatable bonds is 6. The third-order valence-electron chi connectivity index (χ3n) is 5.62. The van der Waals surface area contributed by atoms with E-state index in [-0.39, 0.29) is 0 Å². The van der Waals surface area contributed by atoms with Gasteiger partial charge in [0.2, 0.25) is 0 Å². The minimum absolute atomic E-state index is 0.290. The van der Waals surface area contributed by atoms with Gasteiger partial charge < -0.3 is 11.1 Å². The maximum absolute atomic E-state index is 6.11. The Kier molecular flexibility index (Phi) is 3.95. The molecule has 3 aliphatic rings. The van der Waals surface area contributed by atoms with Crippen LogP contribution in [0.4, 0.5) is 0 Å². The number of nitrogens with one attached hydrogen (secondary N) is 1. The number of hydrogen-bond donors (Lipinski definition) is 2. The molecule has 3 fully saturated rings. The van der Waals surface area contributed by atoms with Crippen molar-refractivity contribution >= 4 is 0 Å². The third kappa shape index (κ3) is 3.08. The summed E-state index contributed by atoms with van der Waals surface area (Å²) in [5.74, 6) is 3.10. The van der Waals surface area contributed by atoms with E-state index in [0.717, 1.165) is 24.3 Å². The molecular formula is C16H30N2. The van der Waals surface area contributed by atoms with Gasteiger partial charge in [0, 0.05) is 12.1 Å². The molecule has 104 valence electrons. The number of nitrogens with two attached hydrogens (primary N) is 1. The summed E-state index contributed by atoms with van der Waals surface area (Å²) in [6, 6.07) is 0. The van der Waals surface area contributed by atoms with Gasteiger partial charge in [-0.1, -0.05) is 25.7 Å². The monoisotopic (exact) mass is 250 g/mol. The zero-order chi connectivity index (χ0) is 12.4. The first-order valence-electron chi connectivity index (χ1n) is 8.28. The van der Waals surface area contributed by atoms with Crippen LogP contribution in [0.15, 0.2) is 0 Å². The zero-order valence-corrected chi connectivity index (χ0v) is 11.8. The smallest absolute Gasteiger partial charge is 0.0304 e. The molecule has 3 rings (SSSR count). The van der Waals surface area contributed by atoms with Gasteiger partial charge in [0.05, 0.1) is 0 Å². The van der Waals surface area contributed by atoms with Gasteiger partial charge in [0.25, 0.3) is 0 Å². The summed E-state index contributed by atoms with van der Waals surface area (Å²) >= 11 is 0. The zero-order valence-electron chi connectivity index (χ0n) is 11.8. The predicted octanol–water partition coefficient (Wildman–Crippen LogP) is 3.06. The van der Waals surface area contributed by atoms with Crippen molar-refractivity contribution in [2.75, 3.05) is 13.1 Å². The lowest BCUT2D eigenvalue weighted by Crippen LogP contribution is -2.52. The molecule has 0 spiro atoms. The molecule has 3 N–H and O–H groups in total. The predicted molar refractivity (Wildman–Crippen MR) is 76.4 cm³/mol. The molecule has 2 nitrogen and oxygen atoms in total. The second kappa shape index (κ2) is 5.50. The van der Waals surface area contributed by atoms with Crippen LogP contribution in [-0.4, -0.2) is 18.6 Å². The molecule has 0 atom stereocenters. The molecule has 0 amide bonds. The van der Waals surface area contributed by atoms with E-state index in [1.807, 2.05) is 0 Å². The molecule has 2 heteroatoms. The molecule has 18 heavy (non-hydrogen) atoms. The Hall–Kier alpha value is -0.0800. The minimum Gasteiger partial charge on any atom is -0.329 e. The lowest BCUT2D eigenvalue weighted by atomic mass is 9.88. The fraction of sp³-hybridized carbons (Fsp3) is 1.00. The van der Waals surface area contributed by atoms with Gasteiger partial charge in [-0.2, -0.15) is 0 Å². The van der Waals surface area contributed by atoms with Crippen LogP contribution in [0.25, 0.3) is 0 Å². The Labute approximate surface area is 112 Å². The fourth-order valence-electron chi connectivity index (χ4n) is 3.96. The molecule has 0 bridgehead atoms. The van der Waals surface area contributed by atoms with Crippen LogP contribution in [0, 0.1) is 17.8 Å². The molecule has 0 aromatic carbocycles. The number of hydrogen-bond acceptors (Lipinski definition) is 2. The summed E-state index contributed by atoms with van der Waals surface area (Å²) < 4.78 is 0. The van der Waals surface area contributed by atoms with E-state index >= 15 is 0 Å². The van der Waals surface area contributed by atoms with Gasteiger partial charge in [0.1, 0.15) is 0 Å². The van der Waals surface area contributed by atoms with Crippen molar-refractivity contribution in [3.8, 4) is 0 Å². The first-order chi connectivity index (χ1) is 8.83. The first kappa shape index (κ1) is 12.9. The van der Waals surface area contributed by atoms with Gasteiger partial charge >= 0.3 is 0 Å². The van der Waals surface area contributed by atoms with Crippen molar-refractivity contribution in [3.63, 3.8) is 0 Å². The molecule has 3 saturated carbocycles. The summed E-state index contributed by atoms with van der Waals surface area (Å²) in [7, 11) is 0. The largest absolute Gasteiger partial charge is 0.329 e. The second-order valence-electron chi connectivity index (χ2n) is 7.12. The highest BCUT2D eigenvalue weighted by molar-refractivity contribution is 4.96. The lowest BCUT2D eigenvalue weighted by molar-refractivity contribution is 0.253. The average molecular weight is 250 g/mol. The Morgan fingerprint density at radius 1 is 0.944 bits per heavy atom. The van der Waals surface area contributed by atoms with Crippen LogP contribution < -0.4 is 11.1 Å². The molecular weight excluding hydrogens is 220 g/mol. The Bertz CT molecular complexity index is 248. The summed E-state index contributed by atoms with van der Waals surface area (Å²) in [4.78, 5) is 0. The van der Waals surface area contributed by atoms with E-state index in [2.05, 4.69) is 5.32 Å². The van der Waals surface area contributed by atoms with E-state index in [4.69, 9.17) is 5.73 Å². The Morgan fingerprint density at radius 3 is 1.94 bits per heavy atom. The van der Waals surface area contributed by atoms with Gasteiger partial charge in [-0.25, -0.2) is 0 Å². The maximum Gasteiger partial charge on any atom is 0.0304 e.